The van der Waals surface area contributed by atoms with Crippen molar-refractivity contribution in [3.63, 3.8) is 0 Å². The summed E-state index contributed by atoms with van der Waals surface area (Å²) in [4.78, 5) is 7.28. The minimum atomic E-state index is 0.131. The molecule has 0 saturated carbocycles. The van der Waals surface area contributed by atoms with Crippen LogP contribution in [0.1, 0.15) is 11.3 Å². The molecule has 0 amide bonds. The number of aromatic amines is 1. The molecule has 5 heteroatoms. The highest BCUT2D eigenvalue weighted by Crippen LogP contribution is 2.17. The Labute approximate surface area is 99.7 Å². The fourth-order valence-electron chi connectivity index (χ4n) is 1.81. The first-order valence-corrected chi connectivity index (χ1v) is 5.55. The Bertz CT molecular complexity index is 537. The van der Waals surface area contributed by atoms with E-state index in [1.807, 2.05) is 12.1 Å². The van der Waals surface area contributed by atoms with Crippen LogP contribution >= 0.6 is 0 Å². The lowest BCUT2D eigenvalue weighted by Gasteiger charge is -1.95. The van der Waals surface area contributed by atoms with Crippen LogP contribution in [0.25, 0.3) is 10.9 Å². The van der Waals surface area contributed by atoms with E-state index in [0.29, 0.717) is 13.1 Å². The SMILES string of the molecule is NCc1ccc2[nH]c(CCN=C(N)N)cc2c1. The highest BCUT2D eigenvalue weighted by molar-refractivity contribution is 5.81. The molecular formula is C12H17N5. The van der Waals surface area contributed by atoms with Gasteiger partial charge in [0.05, 0.1) is 0 Å². The van der Waals surface area contributed by atoms with Crippen LogP contribution in [0.5, 0.6) is 0 Å². The molecule has 17 heavy (non-hydrogen) atoms. The van der Waals surface area contributed by atoms with E-state index in [-0.39, 0.29) is 5.96 Å². The topological polar surface area (TPSA) is 106 Å². The highest BCUT2D eigenvalue weighted by atomic mass is 15.0. The predicted octanol–water partition coefficient (Wildman–Crippen LogP) is 0.443. The van der Waals surface area contributed by atoms with E-state index in [4.69, 9.17) is 17.2 Å². The molecule has 5 nitrogen and oxygen atoms in total. The summed E-state index contributed by atoms with van der Waals surface area (Å²) in [5.74, 6) is 0.131. The number of fused-ring (bicyclic) bond motifs is 1. The Balaban J connectivity index is 2.17. The highest BCUT2D eigenvalue weighted by Gasteiger charge is 2.01. The summed E-state index contributed by atoms with van der Waals surface area (Å²) in [6.07, 6.45) is 0.796. The number of benzene rings is 1. The molecule has 0 spiro atoms. The quantitative estimate of drug-likeness (QED) is 0.453. The lowest BCUT2D eigenvalue weighted by Crippen LogP contribution is -2.23. The van der Waals surface area contributed by atoms with E-state index in [0.717, 1.165) is 23.2 Å². The summed E-state index contributed by atoms with van der Waals surface area (Å²) in [6, 6.07) is 8.27. The zero-order valence-corrected chi connectivity index (χ0v) is 9.61. The van der Waals surface area contributed by atoms with Gasteiger partial charge in [0.1, 0.15) is 0 Å². The van der Waals surface area contributed by atoms with E-state index in [2.05, 4.69) is 22.1 Å². The summed E-state index contributed by atoms with van der Waals surface area (Å²) in [7, 11) is 0. The van der Waals surface area contributed by atoms with Gasteiger partial charge in [-0.1, -0.05) is 6.07 Å². The van der Waals surface area contributed by atoms with Crippen LogP contribution in [0.15, 0.2) is 29.3 Å². The number of aliphatic imine (C=N–C) groups is 1. The number of aromatic nitrogens is 1. The predicted molar refractivity (Wildman–Crippen MR) is 70.6 cm³/mol. The molecule has 0 saturated heterocycles. The van der Waals surface area contributed by atoms with Gasteiger partial charge < -0.3 is 22.2 Å². The molecule has 90 valence electrons. The largest absolute Gasteiger partial charge is 0.370 e. The van der Waals surface area contributed by atoms with Crippen molar-refractivity contribution in [2.24, 2.45) is 22.2 Å². The van der Waals surface area contributed by atoms with Gasteiger partial charge in [-0.05, 0) is 29.1 Å². The van der Waals surface area contributed by atoms with E-state index in [9.17, 15) is 0 Å². The fraction of sp³-hybridized carbons (Fsp3) is 0.250. The summed E-state index contributed by atoms with van der Waals surface area (Å²) in [6.45, 7) is 1.16. The molecule has 0 aliphatic rings. The van der Waals surface area contributed by atoms with Crippen LogP contribution in [0.2, 0.25) is 0 Å². The van der Waals surface area contributed by atoms with Crippen LogP contribution in [0.3, 0.4) is 0 Å². The van der Waals surface area contributed by atoms with E-state index in [1.54, 1.807) is 0 Å². The second-order valence-electron chi connectivity index (χ2n) is 3.98. The molecule has 7 N–H and O–H groups in total. The average molecular weight is 231 g/mol. The van der Waals surface area contributed by atoms with Crippen molar-refractivity contribution in [3.8, 4) is 0 Å². The molecule has 0 bridgehead atoms. The standard InChI is InChI=1S/C12H17N5/c13-7-8-1-2-11-9(5-8)6-10(17-11)3-4-16-12(14)15/h1-2,5-6,17H,3-4,7,13H2,(H4,14,15,16). The molecule has 2 rings (SSSR count). The number of rotatable bonds is 4. The van der Waals surface area contributed by atoms with Gasteiger partial charge in [0.15, 0.2) is 5.96 Å². The number of nitrogens with one attached hydrogen (secondary N) is 1. The van der Waals surface area contributed by atoms with Gasteiger partial charge in [0.2, 0.25) is 0 Å². The average Bonchev–Trinajstić information content (AvgIpc) is 2.69. The van der Waals surface area contributed by atoms with Crippen molar-refractivity contribution in [1.29, 1.82) is 0 Å². The van der Waals surface area contributed by atoms with Crippen molar-refractivity contribution >= 4 is 16.9 Å². The maximum absolute atomic E-state index is 5.61. The first-order valence-electron chi connectivity index (χ1n) is 5.55. The van der Waals surface area contributed by atoms with Crippen molar-refractivity contribution in [1.82, 2.24) is 4.98 Å². The second kappa shape index (κ2) is 4.88. The van der Waals surface area contributed by atoms with Gasteiger partial charge in [-0.15, -0.1) is 0 Å². The maximum atomic E-state index is 5.61. The number of nitrogens with zero attached hydrogens (tertiary/aromatic N) is 1. The molecule has 1 heterocycles. The van der Waals surface area contributed by atoms with E-state index < -0.39 is 0 Å². The zero-order valence-electron chi connectivity index (χ0n) is 9.61. The smallest absolute Gasteiger partial charge is 0.185 e. The minimum absolute atomic E-state index is 0.131. The minimum Gasteiger partial charge on any atom is -0.370 e. The van der Waals surface area contributed by atoms with Crippen molar-refractivity contribution in [3.05, 3.63) is 35.5 Å². The Kier molecular flexibility index (Phi) is 3.30. The number of hydrogen-bond donors (Lipinski definition) is 4. The van der Waals surface area contributed by atoms with Gasteiger partial charge in [-0.2, -0.15) is 0 Å². The van der Waals surface area contributed by atoms with Gasteiger partial charge in [0.25, 0.3) is 0 Å². The number of guanidine groups is 1. The molecule has 0 aliphatic carbocycles. The van der Waals surface area contributed by atoms with Crippen LogP contribution in [0.4, 0.5) is 0 Å². The first kappa shape index (κ1) is 11.5. The summed E-state index contributed by atoms with van der Waals surface area (Å²) in [5, 5.41) is 1.17. The lowest BCUT2D eigenvalue weighted by molar-refractivity contribution is 0.935. The molecule has 1 aromatic heterocycles. The van der Waals surface area contributed by atoms with E-state index in [1.165, 1.54) is 5.39 Å². The van der Waals surface area contributed by atoms with Gasteiger partial charge in [-0.25, -0.2) is 0 Å². The second-order valence-corrected chi connectivity index (χ2v) is 3.98. The zero-order chi connectivity index (χ0) is 12.3. The van der Waals surface area contributed by atoms with Gasteiger partial charge in [-0.3, -0.25) is 4.99 Å². The van der Waals surface area contributed by atoms with Crippen molar-refractivity contribution in [2.75, 3.05) is 6.54 Å². The molecule has 0 radical (unpaired) electrons. The number of nitrogens with two attached hydrogens (primary N) is 3. The Morgan fingerprint density at radius 3 is 2.76 bits per heavy atom. The lowest BCUT2D eigenvalue weighted by atomic mass is 10.1. The molecule has 1 aromatic carbocycles. The Morgan fingerprint density at radius 2 is 2.06 bits per heavy atom. The molecule has 2 aromatic rings. The van der Waals surface area contributed by atoms with Gasteiger partial charge >= 0.3 is 0 Å². The summed E-state index contributed by atoms with van der Waals surface area (Å²) >= 11 is 0. The first-order chi connectivity index (χ1) is 8.19. The summed E-state index contributed by atoms with van der Waals surface area (Å²) in [5.41, 5.74) is 19.5. The third-order valence-electron chi connectivity index (χ3n) is 2.65. The maximum Gasteiger partial charge on any atom is 0.185 e. The van der Waals surface area contributed by atoms with Crippen LogP contribution in [-0.2, 0) is 13.0 Å². The third kappa shape index (κ3) is 2.76. The van der Waals surface area contributed by atoms with E-state index >= 15 is 0 Å². The number of hydrogen-bond acceptors (Lipinski definition) is 2. The van der Waals surface area contributed by atoms with Crippen LogP contribution < -0.4 is 17.2 Å². The van der Waals surface area contributed by atoms with Gasteiger partial charge in [0, 0.05) is 30.7 Å². The Morgan fingerprint density at radius 1 is 1.24 bits per heavy atom. The van der Waals surface area contributed by atoms with Crippen LogP contribution in [0, 0.1) is 0 Å². The summed E-state index contributed by atoms with van der Waals surface area (Å²) < 4.78 is 0. The molecular weight excluding hydrogens is 214 g/mol. The molecule has 0 fully saturated rings. The molecule has 0 aliphatic heterocycles. The third-order valence-corrected chi connectivity index (χ3v) is 2.65. The normalized spacial score (nSPS) is 10.6. The fourth-order valence-corrected chi connectivity index (χ4v) is 1.81. The molecule has 0 atom stereocenters. The number of H-pyrrole nitrogens is 1. The molecule has 0 unspecified atom stereocenters. The van der Waals surface area contributed by atoms with Crippen molar-refractivity contribution in [2.45, 2.75) is 13.0 Å². The van der Waals surface area contributed by atoms with Crippen LogP contribution in [-0.4, -0.2) is 17.5 Å². The Hall–Kier alpha value is -2.01. The van der Waals surface area contributed by atoms with Crippen molar-refractivity contribution < 1.29 is 0 Å². The monoisotopic (exact) mass is 231 g/mol.